The number of fused-ring (bicyclic) bond motifs is 1. The van der Waals surface area contributed by atoms with Crippen molar-refractivity contribution in [2.24, 2.45) is 0 Å². The van der Waals surface area contributed by atoms with Crippen LogP contribution in [0.25, 0.3) is 10.9 Å². The monoisotopic (exact) mass is 274 g/mol. The largest absolute Gasteiger partial charge is 0.339 e. The van der Waals surface area contributed by atoms with Crippen LogP contribution in [0.1, 0.15) is 28.8 Å². The Morgan fingerprint density at radius 3 is 2.65 bits per heavy atom. The minimum Gasteiger partial charge on any atom is -0.339 e. The number of aromatic amines is 1. The molecule has 0 unspecified atom stereocenters. The highest BCUT2D eigenvalue weighted by molar-refractivity contribution is 6.06. The second-order valence-corrected chi connectivity index (χ2v) is 5.22. The van der Waals surface area contributed by atoms with Gasteiger partial charge in [-0.3, -0.25) is 9.59 Å². The van der Waals surface area contributed by atoms with Gasteiger partial charge < -0.3 is 9.88 Å². The molecule has 1 aromatic heterocycles. The van der Waals surface area contributed by atoms with Crippen molar-refractivity contribution in [2.45, 2.75) is 19.8 Å². The molecule has 2 aromatic rings. The Hall–Kier alpha value is -2.17. The van der Waals surface area contributed by atoms with Crippen LogP contribution in [0.5, 0.6) is 0 Å². The van der Waals surface area contributed by atoms with Gasteiger partial charge in [-0.1, -0.05) is 0 Å². The summed E-state index contributed by atoms with van der Waals surface area (Å²) in [5.41, 5.74) is 0.652. The number of likely N-dealkylation sites (tertiary alicyclic amines) is 1. The number of carbonyl (C=O) groups excluding carboxylic acids is 1. The van der Waals surface area contributed by atoms with Gasteiger partial charge >= 0.3 is 0 Å². The third-order valence-corrected chi connectivity index (χ3v) is 3.67. The lowest BCUT2D eigenvalue weighted by molar-refractivity contribution is 0.0794. The van der Waals surface area contributed by atoms with E-state index in [1.807, 2.05) is 0 Å². The van der Waals surface area contributed by atoms with Gasteiger partial charge in [0.15, 0.2) is 0 Å². The molecule has 0 saturated carbocycles. The number of hydrogen-bond acceptors (Lipinski definition) is 2. The van der Waals surface area contributed by atoms with E-state index in [0.717, 1.165) is 18.4 Å². The standard InChI is InChI=1S/C15H15FN2O2/c1-9-6-10-11(15(20)18-4-2-3-5-18)8-13(19)17-14(10)12(16)7-9/h6-8H,2-5H2,1H3,(H,17,19). The Kier molecular flexibility index (Phi) is 3.04. The molecular weight excluding hydrogens is 259 g/mol. The maximum atomic E-state index is 14.0. The highest BCUT2D eigenvalue weighted by Crippen LogP contribution is 2.22. The maximum absolute atomic E-state index is 14.0. The van der Waals surface area contributed by atoms with Crippen molar-refractivity contribution < 1.29 is 9.18 Å². The highest BCUT2D eigenvalue weighted by atomic mass is 19.1. The number of amides is 1. The molecule has 1 aliphatic heterocycles. The van der Waals surface area contributed by atoms with Crippen LogP contribution in [0.3, 0.4) is 0 Å². The van der Waals surface area contributed by atoms with Gasteiger partial charge in [-0.2, -0.15) is 0 Å². The Morgan fingerprint density at radius 2 is 1.95 bits per heavy atom. The fourth-order valence-electron chi connectivity index (χ4n) is 2.72. The smallest absolute Gasteiger partial charge is 0.254 e. The molecule has 1 fully saturated rings. The number of H-pyrrole nitrogens is 1. The summed E-state index contributed by atoms with van der Waals surface area (Å²) >= 11 is 0. The lowest BCUT2D eigenvalue weighted by Gasteiger charge is -2.16. The molecule has 2 heterocycles. The number of benzene rings is 1. The summed E-state index contributed by atoms with van der Waals surface area (Å²) in [6.07, 6.45) is 1.94. The summed E-state index contributed by atoms with van der Waals surface area (Å²) in [6, 6.07) is 4.35. The zero-order valence-electron chi connectivity index (χ0n) is 11.2. The van der Waals surface area contributed by atoms with Gasteiger partial charge in [-0.15, -0.1) is 0 Å². The van der Waals surface area contributed by atoms with Crippen LogP contribution in [-0.2, 0) is 0 Å². The number of aromatic nitrogens is 1. The Labute approximate surface area is 115 Å². The first-order valence-electron chi connectivity index (χ1n) is 6.69. The van der Waals surface area contributed by atoms with Crippen molar-refractivity contribution >= 4 is 16.8 Å². The average molecular weight is 274 g/mol. The van der Waals surface area contributed by atoms with Crippen molar-refractivity contribution in [1.82, 2.24) is 9.88 Å². The zero-order valence-corrected chi connectivity index (χ0v) is 11.2. The summed E-state index contributed by atoms with van der Waals surface area (Å²) in [5.74, 6) is -0.697. The van der Waals surface area contributed by atoms with E-state index >= 15 is 0 Å². The second kappa shape index (κ2) is 4.74. The molecule has 5 heteroatoms. The van der Waals surface area contributed by atoms with Crippen LogP contribution in [-0.4, -0.2) is 28.9 Å². The number of carbonyl (C=O) groups is 1. The Balaban J connectivity index is 2.23. The lowest BCUT2D eigenvalue weighted by atomic mass is 10.1. The zero-order chi connectivity index (χ0) is 14.3. The molecule has 104 valence electrons. The van der Waals surface area contributed by atoms with Crippen molar-refractivity contribution in [3.63, 3.8) is 0 Å². The summed E-state index contributed by atoms with van der Waals surface area (Å²) in [4.78, 5) is 28.3. The van der Waals surface area contributed by atoms with Crippen LogP contribution < -0.4 is 5.56 Å². The minimum atomic E-state index is -0.506. The number of hydrogen-bond donors (Lipinski definition) is 1. The van der Waals surface area contributed by atoms with Crippen molar-refractivity contribution in [2.75, 3.05) is 13.1 Å². The molecule has 1 N–H and O–H groups in total. The van der Waals surface area contributed by atoms with Crippen molar-refractivity contribution in [3.8, 4) is 0 Å². The first-order chi connectivity index (χ1) is 9.56. The van der Waals surface area contributed by atoms with Crippen LogP contribution in [0.2, 0.25) is 0 Å². The molecule has 20 heavy (non-hydrogen) atoms. The van der Waals surface area contributed by atoms with E-state index in [1.165, 1.54) is 12.1 Å². The molecule has 0 atom stereocenters. The van der Waals surface area contributed by atoms with Crippen LogP contribution in [0.15, 0.2) is 23.0 Å². The highest BCUT2D eigenvalue weighted by Gasteiger charge is 2.22. The lowest BCUT2D eigenvalue weighted by Crippen LogP contribution is -2.29. The molecule has 4 nitrogen and oxygen atoms in total. The summed E-state index contributed by atoms with van der Waals surface area (Å²) in [6.45, 7) is 3.15. The van der Waals surface area contributed by atoms with Gasteiger partial charge in [-0.25, -0.2) is 4.39 Å². The first kappa shape index (κ1) is 12.8. The van der Waals surface area contributed by atoms with E-state index in [2.05, 4.69) is 4.98 Å². The minimum absolute atomic E-state index is 0.102. The number of nitrogens with one attached hydrogen (secondary N) is 1. The molecule has 0 bridgehead atoms. The van der Waals surface area contributed by atoms with E-state index < -0.39 is 11.4 Å². The third kappa shape index (κ3) is 2.09. The molecule has 1 saturated heterocycles. The van der Waals surface area contributed by atoms with Gasteiger partial charge in [0, 0.05) is 24.5 Å². The van der Waals surface area contributed by atoms with E-state index in [0.29, 0.717) is 18.5 Å². The first-order valence-corrected chi connectivity index (χ1v) is 6.69. The fraction of sp³-hybridized carbons (Fsp3) is 0.333. The van der Waals surface area contributed by atoms with Crippen LogP contribution in [0, 0.1) is 12.7 Å². The van der Waals surface area contributed by atoms with E-state index in [9.17, 15) is 14.0 Å². The SMILES string of the molecule is Cc1cc(F)c2[nH]c(=O)cc(C(=O)N3CCCC3)c2c1. The van der Waals surface area contributed by atoms with E-state index in [4.69, 9.17) is 0 Å². The predicted octanol–water partition coefficient (Wildman–Crippen LogP) is 2.21. The Bertz CT molecular complexity index is 745. The van der Waals surface area contributed by atoms with Crippen LogP contribution >= 0.6 is 0 Å². The predicted molar refractivity (Wildman–Crippen MR) is 74.4 cm³/mol. The summed E-state index contributed by atoms with van der Waals surface area (Å²) < 4.78 is 14.0. The molecule has 1 aromatic carbocycles. The second-order valence-electron chi connectivity index (χ2n) is 5.22. The van der Waals surface area contributed by atoms with E-state index in [1.54, 1.807) is 17.9 Å². The Morgan fingerprint density at radius 1 is 1.25 bits per heavy atom. The maximum Gasteiger partial charge on any atom is 0.254 e. The molecule has 1 amide bonds. The van der Waals surface area contributed by atoms with Crippen LogP contribution in [0.4, 0.5) is 4.39 Å². The van der Waals surface area contributed by atoms with Gasteiger partial charge in [0.1, 0.15) is 5.82 Å². The molecule has 0 aliphatic carbocycles. The topological polar surface area (TPSA) is 53.2 Å². The molecule has 0 spiro atoms. The summed E-state index contributed by atoms with van der Waals surface area (Å²) in [5, 5.41) is 0.471. The normalized spacial score (nSPS) is 15.0. The fourth-order valence-corrected chi connectivity index (χ4v) is 2.72. The van der Waals surface area contributed by atoms with Crippen molar-refractivity contribution in [3.05, 3.63) is 45.5 Å². The number of rotatable bonds is 1. The van der Waals surface area contributed by atoms with E-state index in [-0.39, 0.29) is 17.0 Å². The summed E-state index contributed by atoms with van der Waals surface area (Å²) in [7, 11) is 0. The van der Waals surface area contributed by atoms with Gasteiger partial charge in [0.05, 0.1) is 11.1 Å². The van der Waals surface area contributed by atoms with Gasteiger partial charge in [0.25, 0.3) is 5.91 Å². The number of halogens is 1. The van der Waals surface area contributed by atoms with Gasteiger partial charge in [-0.05, 0) is 37.5 Å². The number of aryl methyl sites for hydroxylation is 1. The van der Waals surface area contributed by atoms with Crippen molar-refractivity contribution in [1.29, 1.82) is 0 Å². The molecule has 0 radical (unpaired) electrons. The third-order valence-electron chi connectivity index (χ3n) is 3.67. The number of nitrogens with zero attached hydrogens (tertiary/aromatic N) is 1. The number of pyridine rings is 1. The molecule has 3 rings (SSSR count). The molecular formula is C15H15FN2O2. The quantitative estimate of drug-likeness (QED) is 0.866. The molecule has 1 aliphatic rings. The van der Waals surface area contributed by atoms with Gasteiger partial charge in [0.2, 0.25) is 5.56 Å². The average Bonchev–Trinajstić information content (AvgIpc) is 2.92.